The summed E-state index contributed by atoms with van der Waals surface area (Å²) in [5.41, 5.74) is 0. The summed E-state index contributed by atoms with van der Waals surface area (Å²) in [5, 5.41) is 4.36. The topological polar surface area (TPSA) is 0 Å². The maximum Gasteiger partial charge on any atom is 0.0561 e. The molecule has 0 N–H and O–H groups in total. The Kier molecular flexibility index (Phi) is 39.8. The van der Waals surface area contributed by atoms with E-state index in [-0.39, 0.29) is 123 Å². The molecule has 0 fully saturated rings. The van der Waals surface area contributed by atoms with Crippen LogP contribution in [-0.4, -0.2) is 123 Å². The van der Waals surface area contributed by atoms with Crippen LogP contribution < -0.4 is 0 Å². The van der Waals surface area contributed by atoms with Crippen LogP contribution in [0, 0.1) is 0 Å². The zero-order chi connectivity index (χ0) is 34.3. The zero-order valence-electron chi connectivity index (χ0n) is 36.5. The normalized spacial score (nSPS) is 12.8. The molecule has 0 aliphatic heterocycles. The van der Waals surface area contributed by atoms with Crippen molar-refractivity contribution >= 4 is 123 Å². The molecule has 24 radical (unpaired) electrons. The van der Waals surface area contributed by atoms with E-state index in [9.17, 15) is 0 Å². The predicted octanol–water partition coefficient (Wildman–Crippen LogP) is 12.9. The van der Waals surface area contributed by atoms with Crippen molar-refractivity contribution in [2.24, 2.45) is 0 Å². The van der Waals surface area contributed by atoms with Gasteiger partial charge >= 0.3 is 0 Å². The van der Waals surface area contributed by atoms with E-state index in [2.05, 4.69) is 192 Å². The molecule has 0 aromatic heterocycles. The third-order valence-electron chi connectivity index (χ3n) is 9.00. The van der Waals surface area contributed by atoms with Gasteiger partial charge in [-0.2, -0.15) is 0 Å². The molecule has 0 rings (SSSR count). The molecule has 9 heteroatoms. The minimum absolute atomic E-state index is 0. The Morgan fingerprint density at radius 3 is 0.222 bits per heavy atom. The summed E-state index contributed by atoms with van der Waals surface area (Å²) in [6, 6.07) is 0. The quantitative estimate of drug-likeness (QED) is 0.212. The summed E-state index contributed by atoms with van der Waals surface area (Å²) in [6.45, 7) is 66.2. The van der Waals surface area contributed by atoms with Gasteiger partial charge in [-0.3, -0.25) is 0 Å². The molecular formula is C36H84Ge5Si4. The van der Waals surface area contributed by atoms with E-state index >= 15 is 0 Å². The van der Waals surface area contributed by atoms with E-state index in [1.165, 1.54) is 0 Å². The van der Waals surface area contributed by atoms with Crippen LogP contribution in [-0.2, 0) is 0 Å². The second kappa shape index (κ2) is 25.5. The van der Waals surface area contributed by atoms with Crippen molar-refractivity contribution in [3.8, 4) is 0 Å². The van der Waals surface area contributed by atoms with Gasteiger partial charge in [0.25, 0.3) is 0 Å². The maximum atomic E-state index is 2.44. The molecule has 45 heavy (non-hydrogen) atoms. The molecule has 264 valence electrons. The SMILES string of the molecule is C[Si](C(C)(C)C)C(C)(C)C.C[Si](C(C)(C)C)C(C)(C)C.C[Si](C(C)(C)C)C(C)(C)C.C[Si](C(C)(C)C)C(C)(C)C.[Ge].[Ge].[Ge].[Ge].[Ge]. The number of hydrogen-bond acceptors (Lipinski definition) is 0. The minimum Gasteiger partial charge on any atom is -0.0703 e. The fraction of sp³-hybridized carbons (Fsp3) is 1.00. The molecule has 0 nitrogen and oxygen atoms in total. The first-order valence-corrected chi connectivity index (χ1v) is 24.0. The largest absolute Gasteiger partial charge is 0.0703 e. The van der Waals surface area contributed by atoms with Gasteiger partial charge < -0.3 is 0 Å². The van der Waals surface area contributed by atoms with Crippen molar-refractivity contribution in [1.82, 2.24) is 0 Å². The van der Waals surface area contributed by atoms with Crippen LogP contribution >= 0.6 is 0 Å². The van der Waals surface area contributed by atoms with Gasteiger partial charge in [0.2, 0.25) is 0 Å². The summed E-state index contributed by atoms with van der Waals surface area (Å²) in [6.07, 6.45) is 0. The smallest absolute Gasteiger partial charge is 0.0561 e. The second-order valence-corrected chi connectivity index (χ2v) is 37.5. The van der Waals surface area contributed by atoms with Crippen LogP contribution in [0.5, 0.6) is 0 Å². The van der Waals surface area contributed by atoms with E-state index in [1.807, 2.05) is 0 Å². The van der Waals surface area contributed by atoms with Crippen LogP contribution in [0.4, 0.5) is 0 Å². The predicted molar refractivity (Wildman–Crippen MR) is 233 cm³/mol. The Morgan fingerprint density at radius 2 is 0.222 bits per heavy atom. The molecule has 0 amide bonds. The Morgan fingerprint density at radius 1 is 0.178 bits per heavy atom. The molecule has 0 saturated heterocycles. The Balaban J connectivity index is -0.0000000529. The van der Waals surface area contributed by atoms with Crippen molar-refractivity contribution in [1.29, 1.82) is 0 Å². The third kappa shape index (κ3) is 37.2. The fourth-order valence-corrected chi connectivity index (χ4v) is 13.5. The van der Waals surface area contributed by atoms with Crippen molar-refractivity contribution in [2.75, 3.05) is 0 Å². The number of rotatable bonds is 0. The first-order valence-electron chi connectivity index (χ1n) is 16.0. The Labute approximate surface area is 352 Å². The Bertz CT molecular complexity index is 498. The fourth-order valence-electron chi connectivity index (χ4n) is 4.50. The zero-order valence-corrected chi connectivity index (χ0v) is 51.0. The van der Waals surface area contributed by atoms with Crippen molar-refractivity contribution in [3.05, 3.63) is 0 Å². The van der Waals surface area contributed by atoms with Gasteiger partial charge in [-0.1, -0.05) is 192 Å². The average Bonchev–Trinajstić information content (AvgIpc) is 2.61. The molecule has 0 aliphatic rings. The maximum absolute atomic E-state index is 2.44. The molecule has 0 aromatic carbocycles. The second-order valence-electron chi connectivity index (χ2n) is 20.5. The van der Waals surface area contributed by atoms with Crippen LogP contribution in [0.3, 0.4) is 0 Å². The molecule has 0 unspecified atom stereocenters. The monoisotopic (exact) mass is 998 g/mol. The van der Waals surface area contributed by atoms with E-state index in [1.54, 1.807) is 0 Å². The summed E-state index contributed by atoms with van der Waals surface area (Å²) in [7, 11) is -0.883. The average molecular weight is 992 g/mol. The molecule has 0 spiro atoms. The van der Waals surface area contributed by atoms with Gasteiger partial charge in [-0.15, -0.1) is 0 Å². The van der Waals surface area contributed by atoms with Crippen molar-refractivity contribution < 1.29 is 0 Å². The van der Waals surface area contributed by atoms with E-state index in [4.69, 9.17) is 0 Å². The van der Waals surface area contributed by atoms with Gasteiger partial charge in [0.1, 0.15) is 0 Å². The van der Waals surface area contributed by atoms with Gasteiger partial charge in [0, 0.05) is 88.0 Å². The van der Waals surface area contributed by atoms with E-state index in [0.717, 1.165) is 0 Å². The first-order chi connectivity index (χ1) is 16.6. The van der Waals surface area contributed by atoms with Crippen LogP contribution in [0.25, 0.3) is 0 Å². The standard InChI is InChI=1S/4C9H21Si.5Ge/c4*1-8(2,3)10(7)9(4,5)6;;;;;/h4*1-7H3;;;;;. The van der Waals surface area contributed by atoms with Crippen molar-refractivity contribution in [3.63, 3.8) is 0 Å². The Hall–Kier alpha value is 3.58. The molecule has 0 saturated carbocycles. The van der Waals surface area contributed by atoms with E-state index in [0.29, 0.717) is 40.3 Å². The summed E-state index contributed by atoms with van der Waals surface area (Å²) in [4.78, 5) is 0. The first kappa shape index (κ1) is 70.2. The van der Waals surface area contributed by atoms with Crippen LogP contribution in [0.1, 0.15) is 166 Å². The molecule has 0 aromatic rings. The van der Waals surface area contributed by atoms with Gasteiger partial charge in [0.15, 0.2) is 0 Å². The van der Waals surface area contributed by atoms with Crippen molar-refractivity contribution in [2.45, 2.75) is 233 Å². The summed E-state index contributed by atoms with van der Waals surface area (Å²) in [5.74, 6) is 0. The molecule has 0 heterocycles. The van der Waals surface area contributed by atoms with E-state index < -0.39 is 0 Å². The van der Waals surface area contributed by atoms with Gasteiger partial charge in [-0.25, -0.2) is 0 Å². The summed E-state index contributed by atoms with van der Waals surface area (Å²) >= 11 is 0. The minimum atomic E-state index is -0.221. The molecule has 0 aliphatic carbocycles. The number of hydrogen-bond donors (Lipinski definition) is 0. The third-order valence-corrected chi connectivity index (χ3v) is 27.0. The van der Waals surface area contributed by atoms with Crippen LogP contribution in [0.15, 0.2) is 0 Å². The molecule has 0 atom stereocenters. The summed E-state index contributed by atoms with van der Waals surface area (Å²) < 4.78 is 0. The van der Waals surface area contributed by atoms with Crippen LogP contribution in [0.2, 0.25) is 66.5 Å². The van der Waals surface area contributed by atoms with Gasteiger partial charge in [-0.05, 0) is 40.3 Å². The molecule has 0 bridgehead atoms. The van der Waals surface area contributed by atoms with Gasteiger partial charge in [0.05, 0.1) is 35.2 Å². The molecular weight excluding hydrogens is 908 g/mol.